The Hall–Kier alpha value is -2.22. The Morgan fingerprint density at radius 2 is 2.32 bits per heavy atom. The Morgan fingerprint density at radius 1 is 1.64 bits per heavy atom. The van der Waals surface area contributed by atoms with E-state index in [1.807, 2.05) is 0 Å². The maximum absolute atomic E-state index is 13.5. The second-order valence-corrected chi connectivity index (χ2v) is 5.60. The number of nitro groups is 1. The smallest absolute Gasteiger partial charge is 0.305 e. The molecule has 1 aromatic carbocycles. The molecule has 7 nitrogen and oxygen atoms in total. The van der Waals surface area contributed by atoms with Crippen LogP contribution in [0.4, 0.5) is 10.1 Å². The third kappa shape index (κ3) is 3.33. The van der Waals surface area contributed by atoms with Crippen LogP contribution in [0.3, 0.4) is 0 Å². The molecular formula is C13H12ClFN2O5. The first-order chi connectivity index (χ1) is 10.2. The maximum Gasteiger partial charge on any atom is 0.305 e. The molecule has 0 aromatic heterocycles. The van der Waals surface area contributed by atoms with Crippen LogP contribution in [0.1, 0.15) is 31.7 Å². The number of aliphatic carboxylic acids is 1. The SMILES string of the molecule is CC1(CCC(=O)O)CC(c2cc([N+](=O)[O-])c(F)cc2Cl)=NO1. The van der Waals surface area contributed by atoms with Crippen molar-refractivity contribution < 1.29 is 24.1 Å². The minimum Gasteiger partial charge on any atom is -0.481 e. The van der Waals surface area contributed by atoms with Crippen LogP contribution < -0.4 is 0 Å². The molecular weight excluding hydrogens is 319 g/mol. The minimum atomic E-state index is -1.04. The molecule has 1 unspecified atom stereocenters. The number of benzene rings is 1. The molecule has 2 rings (SSSR count). The average Bonchev–Trinajstić information content (AvgIpc) is 2.79. The molecule has 118 valence electrons. The number of nitrogens with zero attached hydrogens (tertiary/aromatic N) is 2. The van der Waals surface area contributed by atoms with Crippen molar-refractivity contribution >= 4 is 29.0 Å². The van der Waals surface area contributed by atoms with Crippen molar-refractivity contribution in [2.24, 2.45) is 5.16 Å². The predicted molar refractivity (Wildman–Crippen MR) is 75.6 cm³/mol. The molecule has 0 saturated carbocycles. The number of halogens is 2. The van der Waals surface area contributed by atoms with Crippen molar-refractivity contribution in [2.45, 2.75) is 31.8 Å². The van der Waals surface area contributed by atoms with Gasteiger partial charge in [0.05, 0.1) is 15.7 Å². The summed E-state index contributed by atoms with van der Waals surface area (Å²) in [5.74, 6) is -2.00. The fourth-order valence-corrected chi connectivity index (χ4v) is 2.39. The summed E-state index contributed by atoms with van der Waals surface area (Å²) in [7, 11) is 0. The van der Waals surface area contributed by atoms with Crippen molar-refractivity contribution in [1.29, 1.82) is 0 Å². The van der Waals surface area contributed by atoms with Gasteiger partial charge < -0.3 is 9.94 Å². The van der Waals surface area contributed by atoms with Gasteiger partial charge in [-0.1, -0.05) is 16.8 Å². The number of oxime groups is 1. The van der Waals surface area contributed by atoms with Gasteiger partial charge in [-0.05, 0) is 6.92 Å². The Kier molecular flexibility index (Phi) is 4.32. The molecule has 0 spiro atoms. The highest BCUT2D eigenvalue weighted by molar-refractivity contribution is 6.34. The van der Waals surface area contributed by atoms with E-state index in [0.717, 1.165) is 12.1 Å². The molecule has 0 bridgehead atoms. The third-order valence-electron chi connectivity index (χ3n) is 3.33. The van der Waals surface area contributed by atoms with E-state index < -0.39 is 28.0 Å². The lowest BCUT2D eigenvalue weighted by molar-refractivity contribution is -0.387. The van der Waals surface area contributed by atoms with Crippen LogP contribution in [-0.2, 0) is 9.63 Å². The van der Waals surface area contributed by atoms with Crippen molar-refractivity contribution in [1.82, 2.24) is 0 Å². The Balaban J connectivity index is 2.25. The number of hydrogen-bond donors (Lipinski definition) is 1. The van der Waals surface area contributed by atoms with Crippen LogP contribution in [0.25, 0.3) is 0 Å². The molecule has 0 aliphatic carbocycles. The van der Waals surface area contributed by atoms with Crippen LogP contribution in [0.2, 0.25) is 5.02 Å². The highest BCUT2D eigenvalue weighted by atomic mass is 35.5. The standard InChI is InChI=1S/C13H12ClFN2O5/c1-13(3-2-12(18)19)6-10(16-22-13)7-4-11(17(20)21)9(15)5-8(7)14/h4-5H,2-3,6H2,1H3,(H,18,19). The summed E-state index contributed by atoms with van der Waals surface area (Å²) < 4.78 is 13.5. The molecule has 9 heteroatoms. The largest absolute Gasteiger partial charge is 0.481 e. The van der Waals surface area contributed by atoms with Gasteiger partial charge in [-0.2, -0.15) is 4.39 Å². The zero-order valence-corrected chi connectivity index (χ0v) is 12.3. The summed E-state index contributed by atoms with van der Waals surface area (Å²) in [5.41, 5.74) is -1.02. The lowest BCUT2D eigenvalue weighted by Crippen LogP contribution is -2.26. The second kappa shape index (κ2) is 5.88. The zero-order chi connectivity index (χ0) is 16.5. The Bertz CT molecular complexity index is 679. The summed E-state index contributed by atoms with van der Waals surface area (Å²) in [5, 5.41) is 23.3. The molecule has 1 atom stereocenters. The molecule has 1 aliphatic rings. The summed E-state index contributed by atoms with van der Waals surface area (Å²) in [4.78, 5) is 25.8. The van der Waals surface area contributed by atoms with E-state index in [1.54, 1.807) is 6.92 Å². The van der Waals surface area contributed by atoms with Gasteiger partial charge in [-0.3, -0.25) is 14.9 Å². The summed E-state index contributed by atoms with van der Waals surface area (Å²) in [6.45, 7) is 1.68. The summed E-state index contributed by atoms with van der Waals surface area (Å²) in [6, 6.07) is 1.85. The van der Waals surface area contributed by atoms with Gasteiger partial charge in [0.15, 0.2) is 0 Å². The molecule has 0 amide bonds. The fraction of sp³-hybridized carbons (Fsp3) is 0.385. The highest BCUT2D eigenvalue weighted by Gasteiger charge is 2.36. The van der Waals surface area contributed by atoms with Gasteiger partial charge in [-0.25, -0.2) is 0 Å². The van der Waals surface area contributed by atoms with E-state index >= 15 is 0 Å². The number of carboxylic acids is 1. The van der Waals surface area contributed by atoms with Crippen LogP contribution in [0.5, 0.6) is 0 Å². The lowest BCUT2D eigenvalue weighted by Gasteiger charge is -2.20. The normalized spacial score (nSPS) is 20.4. The van der Waals surface area contributed by atoms with Crippen molar-refractivity contribution in [3.05, 3.63) is 38.7 Å². The van der Waals surface area contributed by atoms with Gasteiger partial charge in [0.25, 0.3) is 0 Å². The quantitative estimate of drug-likeness (QED) is 0.660. The van der Waals surface area contributed by atoms with Crippen LogP contribution in [0, 0.1) is 15.9 Å². The first kappa shape index (κ1) is 16.2. The van der Waals surface area contributed by atoms with E-state index in [4.69, 9.17) is 21.5 Å². The predicted octanol–water partition coefficient (Wildman–Crippen LogP) is 3.14. The zero-order valence-electron chi connectivity index (χ0n) is 11.5. The van der Waals surface area contributed by atoms with Gasteiger partial charge in [0.2, 0.25) is 5.82 Å². The van der Waals surface area contributed by atoms with E-state index in [9.17, 15) is 19.3 Å². The molecule has 22 heavy (non-hydrogen) atoms. The van der Waals surface area contributed by atoms with E-state index in [1.165, 1.54) is 0 Å². The molecule has 0 fully saturated rings. The van der Waals surface area contributed by atoms with Crippen molar-refractivity contribution in [3.8, 4) is 0 Å². The number of carbonyl (C=O) groups is 1. The van der Waals surface area contributed by atoms with E-state index in [-0.39, 0.29) is 29.8 Å². The highest BCUT2D eigenvalue weighted by Crippen LogP contribution is 2.34. The molecule has 1 N–H and O–H groups in total. The number of carboxylic acid groups (broad SMARTS) is 1. The summed E-state index contributed by atoms with van der Waals surface area (Å²) >= 11 is 5.91. The van der Waals surface area contributed by atoms with Crippen LogP contribution >= 0.6 is 11.6 Å². The first-order valence-corrected chi connectivity index (χ1v) is 6.70. The van der Waals surface area contributed by atoms with Gasteiger partial charge >= 0.3 is 11.7 Å². The van der Waals surface area contributed by atoms with Crippen molar-refractivity contribution in [3.63, 3.8) is 0 Å². The Labute approximate surface area is 129 Å². The molecule has 0 radical (unpaired) electrons. The molecule has 0 saturated heterocycles. The average molecular weight is 331 g/mol. The minimum absolute atomic E-state index is 0.0204. The third-order valence-corrected chi connectivity index (χ3v) is 3.64. The number of nitro benzene ring substituents is 1. The summed E-state index contributed by atoms with van der Waals surface area (Å²) in [6.07, 6.45) is 0.343. The van der Waals surface area contributed by atoms with Gasteiger partial charge in [-0.15, -0.1) is 0 Å². The van der Waals surface area contributed by atoms with E-state index in [2.05, 4.69) is 5.16 Å². The topological polar surface area (TPSA) is 102 Å². The maximum atomic E-state index is 13.5. The lowest BCUT2D eigenvalue weighted by atomic mass is 9.91. The fourth-order valence-electron chi connectivity index (χ4n) is 2.13. The molecule has 1 aliphatic heterocycles. The van der Waals surface area contributed by atoms with Gasteiger partial charge in [0, 0.05) is 37.0 Å². The van der Waals surface area contributed by atoms with Crippen LogP contribution in [0.15, 0.2) is 17.3 Å². The number of hydrogen-bond acceptors (Lipinski definition) is 5. The molecule has 1 aromatic rings. The van der Waals surface area contributed by atoms with Gasteiger partial charge in [0.1, 0.15) is 5.60 Å². The number of rotatable bonds is 5. The molecule has 1 heterocycles. The Morgan fingerprint density at radius 3 is 2.91 bits per heavy atom. The second-order valence-electron chi connectivity index (χ2n) is 5.19. The first-order valence-electron chi connectivity index (χ1n) is 6.32. The van der Waals surface area contributed by atoms with E-state index in [0.29, 0.717) is 5.71 Å². The monoisotopic (exact) mass is 330 g/mol. The van der Waals surface area contributed by atoms with Crippen LogP contribution in [-0.4, -0.2) is 27.3 Å². The van der Waals surface area contributed by atoms with Crippen molar-refractivity contribution in [2.75, 3.05) is 0 Å².